The summed E-state index contributed by atoms with van der Waals surface area (Å²) in [5.41, 5.74) is 5.03. The van der Waals surface area contributed by atoms with E-state index < -0.39 is 20.0 Å². The molecule has 25 nitrogen and oxygen atoms in total. The first-order valence-corrected chi connectivity index (χ1v) is 37.6. The number of piperidine rings is 2. The van der Waals surface area contributed by atoms with Gasteiger partial charge >= 0.3 is 0 Å². The van der Waals surface area contributed by atoms with Crippen molar-refractivity contribution < 1.29 is 88.0 Å². The van der Waals surface area contributed by atoms with Gasteiger partial charge in [0.2, 0.25) is 31.9 Å². The summed E-state index contributed by atoms with van der Waals surface area (Å²) in [6, 6.07) is 30.6. The van der Waals surface area contributed by atoms with Crippen LogP contribution in [-0.2, 0) is 94.6 Å². The maximum atomic E-state index is 13.0. The number of sulfonamides is 2. The maximum Gasteiger partial charge on any atom is 0.240 e. The molecule has 8 rings (SSSR count). The molecule has 4 aromatic rings. The van der Waals surface area contributed by atoms with Crippen LogP contribution in [0.1, 0.15) is 85.8 Å². The number of nitrogens with zero attached hydrogens (tertiary/aromatic N) is 2. The summed E-state index contributed by atoms with van der Waals surface area (Å²) in [7, 11) is -7.46. The molecule has 2 aliphatic carbocycles. The van der Waals surface area contributed by atoms with Gasteiger partial charge < -0.3 is 72.2 Å². The Bertz CT molecular complexity index is 2870. The van der Waals surface area contributed by atoms with Gasteiger partial charge in [0.1, 0.15) is 23.7 Å². The lowest BCUT2D eigenvalue weighted by atomic mass is 10.0. The van der Waals surface area contributed by atoms with Crippen molar-refractivity contribution in [3.63, 3.8) is 0 Å². The number of benzene rings is 4. The monoisotopic (exact) mass is 1400 g/mol. The van der Waals surface area contributed by atoms with E-state index in [4.69, 9.17) is 61.6 Å². The smallest absolute Gasteiger partial charge is 0.240 e. The molecule has 0 radical (unpaired) electrons. The van der Waals surface area contributed by atoms with Gasteiger partial charge in [-0.2, -0.15) is 0 Å². The van der Waals surface area contributed by atoms with Crippen LogP contribution in [0.2, 0.25) is 0 Å². The van der Waals surface area contributed by atoms with Crippen LogP contribution in [-0.4, -0.2) is 248 Å². The lowest BCUT2D eigenvalue weighted by Gasteiger charge is -2.35. The molecule has 27 heteroatoms. The zero-order valence-electron chi connectivity index (χ0n) is 56.3. The number of nitrogens with one attached hydrogen (secondary N) is 4. The predicted octanol–water partition coefficient (Wildman–Crippen LogP) is 5.20. The molecular weight excluding hydrogens is 1290 g/mol. The average molecular weight is 1400 g/mol. The molecule has 4 N–H and O–H groups in total. The van der Waals surface area contributed by atoms with Gasteiger partial charge in [-0.05, 0) is 135 Å². The molecule has 0 spiro atoms. The van der Waals surface area contributed by atoms with Crippen LogP contribution >= 0.6 is 0 Å². The number of amides is 2. The SMILES string of the molecule is O=C(CCOCCOCCOCCOCCOCCC(=O)NCCOCCOCCOCCNS(=O)(=O)c1ccc(OC2c3ccccc3CC2N2CCCCC2)cc1)NCCOCCOCCOCCNS(=O)(=O)c1ccc(OC2c3ccccc3CC2N2CCCCC2)cc1. The molecule has 2 fully saturated rings. The predicted molar refractivity (Wildman–Crippen MR) is 363 cm³/mol. The molecule has 2 saturated heterocycles. The fraction of sp³-hybridized carbons (Fsp3) is 0.629. The summed E-state index contributed by atoms with van der Waals surface area (Å²) in [6.07, 6.45) is 9.46. The summed E-state index contributed by atoms with van der Waals surface area (Å²) < 4.78 is 131. The van der Waals surface area contributed by atoms with E-state index in [-0.39, 0.29) is 98.3 Å². The minimum atomic E-state index is -3.73. The Morgan fingerprint density at radius 1 is 0.351 bits per heavy atom. The number of ether oxygens (including phenoxy) is 13. The van der Waals surface area contributed by atoms with Gasteiger partial charge in [-0.25, -0.2) is 26.3 Å². The van der Waals surface area contributed by atoms with E-state index in [1.165, 1.54) is 60.8 Å². The Morgan fingerprint density at radius 3 is 0.969 bits per heavy atom. The van der Waals surface area contributed by atoms with Crippen LogP contribution in [0.3, 0.4) is 0 Å². The van der Waals surface area contributed by atoms with Crippen LogP contribution in [0.5, 0.6) is 11.5 Å². The average Bonchev–Trinajstić information content (AvgIpc) is 1.67. The van der Waals surface area contributed by atoms with Crippen LogP contribution in [0.25, 0.3) is 0 Å². The number of rotatable bonds is 52. The molecule has 2 amide bonds. The third-order valence-corrected chi connectivity index (χ3v) is 19.9. The summed E-state index contributed by atoms with van der Waals surface area (Å²) >= 11 is 0. The van der Waals surface area contributed by atoms with Gasteiger partial charge in [0.25, 0.3) is 0 Å². The molecule has 4 atom stereocenters. The Balaban J connectivity index is 0.494. The van der Waals surface area contributed by atoms with Gasteiger partial charge in [-0.1, -0.05) is 61.4 Å². The fourth-order valence-corrected chi connectivity index (χ4v) is 14.0. The molecule has 0 bridgehead atoms. The van der Waals surface area contributed by atoms with Crippen LogP contribution < -0.4 is 29.6 Å². The minimum Gasteiger partial charge on any atom is -0.484 e. The van der Waals surface area contributed by atoms with Gasteiger partial charge in [-0.3, -0.25) is 19.4 Å². The number of hydrogen-bond donors (Lipinski definition) is 4. The first-order chi connectivity index (χ1) is 47.5. The largest absolute Gasteiger partial charge is 0.484 e. The van der Waals surface area contributed by atoms with Gasteiger partial charge in [0.15, 0.2) is 0 Å². The summed E-state index contributed by atoms with van der Waals surface area (Å²) in [5.74, 6) is 1.000. The lowest BCUT2D eigenvalue weighted by molar-refractivity contribution is -0.123. The number of likely N-dealkylation sites (tertiary alicyclic amines) is 2. The highest BCUT2D eigenvalue weighted by Crippen LogP contribution is 2.41. The summed E-state index contributed by atoms with van der Waals surface area (Å²) in [6.45, 7) is 12.5. The fourth-order valence-electron chi connectivity index (χ4n) is 11.9. The standard InChI is InChI=1S/C70H104N6O19S2/c77-67(71-25-35-85-41-47-91-49-43-87-37-27-73-96(79,80)61-19-15-59(16-20-61)94-69-63-13-5-3-11-57(63)55-65(69)75-29-7-1-8-30-75)23-33-83-39-45-89-51-53-93-54-52-90-46-40-84-34-24-68(78)72-26-36-86-42-48-92-50-44-88-38-28-74-97(81,82)62-21-17-60(18-22-62)95-70-64-14-6-4-12-58(64)56-66(70)76-31-9-2-10-32-76/h3-6,11-22,65-66,69-70,73-74H,1-2,7-10,23-56H2,(H,71,77)(H,72,78). The van der Waals surface area contributed by atoms with Gasteiger partial charge in [0.05, 0.1) is 167 Å². The van der Waals surface area contributed by atoms with E-state index in [1.54, 1.807) is 48.5 Å². The quantitative estimate of drug-likeness (QED) is 0.0414. The highest BCUT2D eigenvalue weighted by atomic mass is 32.2. The summed E-state index contributed by atoms with van der Waals surface area (Å²) in [4.78, 5) is 29.7. The summed E-state index contributed by atoms with van der Waals surface area (Å²) in [5, 5.41) is 5.58. The minimum absolute atomic E-state index is 0.105. The number of carbonyl (C=O) groups excluding carboxylic acids is 2. The Labute approximate surface area is 573 Å². The van der Waals surface area contributed by atoms with Crippen molar-refractivity contribution >= 4 is 31.9 Å². The third-order valence-electron chi connectivity index (χ3n) is 16.9. The molecule has 540 valence electrons. The zero-order chi connectivity index (χ0) is 67.9. The van der Waals surface area contributed by atoms with E-state index in [0.717, 1.165) is 39.0 Å². The Kier molecular flexibility index (Phi) is 35.7. The molecule has 4 unspecified atom stereocenters. The molecule has 0 saturated carbocycles. The van der Waals surface area contributed by atoms with E-state index in [1.807, 2.05) is 0 Å². The molecule has 97 heavy (non-hydrogen) atoms. The zero-order valence-corrected chi connectivity index (χ0v) is 57.9. The van der Waals surface area contributed by atoms with Gasteiger partial charge in [-0.15, -0.1) is 0 Å². The van der Waals surface area contributed by atoms with E-state index in [2.05, 4.69) is 78.4 Å². The van der Waals surface area contributed by atoms with E-state index >= 15 is 0 Å². The second kappa shape index (κ2) is 44.8. The molecule has 4 aliphatic rings. The normalized spacial score (nSPS) is 18.2. The Hall–Kier alpha value is -5.28. The highest BCUT2D eigenvalue weighted by Gasteiger charge is 2.40. The van der Waals surface area contributed by atoms with Crippen LogP contribution in [0.4, 0.5) is 0 Å². The number of fused-ring (bicyclic) bond motifs is 2. The molecule has 2 aliphatic heterocycles. The van der Waals surface area contributed by atoms with Gasteiger partial charge in [0, 0.05) is 39.0 Å². The van der Waals surface area contributed by atoms with Crippen LogP contribution in [0.15, 0.2) is 107 Å². The van der Waals surface area contributed by atoms with E-state index in [0.29, 0.717) is 144 Å². The van der Waals surface area contributed by atoms with Crippen molar-refractivity contribution in [1.29, 1.82) is 0 Å². The molecule has 0 aromatic heterocycles. The number of hydrogen-bond acceptors (Lipinski definition) is 21. The number of carbonyl (C=O) groups is 2. The van der Waals surface area contributed by atoms with Crippen molar-refractivity contribution in [3.8, 4) is 11.5 Å². The second-order valence-corrected chi connectivity index (χ2v) is 27.4. The topological polar surface area (TPSA) is 277 Å². The highest BCUT2D eigenvalue weighted by molar-refractivity contribution is 7.89. The molecular formula is C70H104N6O19S2. The maximum absolute atomic E-state index is 13.0. The van der Waals surface area contributed by atoms with E-state index in [9.17, 15) is 26.4 Å². The van der Waals surface area contributed by atoms with Crippen LogP contribution in [0, 0.1) is 0 Å². The van der Waals surface area contributed by atoms with Crippen molar-refractivity contribution in [1.82, 2.24) is 29.9 Å². The molecule has 2 heterocycles. The second-order valence-electron chi connectivity index (χ2n) is 23.9. The first kappa shape index (κ1) is 77.5. The Morgan fingerprint density at radius 2 is 0.639 bits per heavy atom. The van der Waals surface area contributed by atoms with Crippen molar-refractivity contribution in [3.05, 3.63) is 119 Å². The van der Waals surface area contributed by atoms with Crippen molar-refractivity contribution in [2.45, 2.75) is 98.3 Å². The van der Waals surface area contributed by atoms with Crippen molar-refractivity contribution in [2.75, 3.05) is 198 Å². The molecule has 4 aromatic carbocycles. The lowest BCUT2D eigenvalue weighted by Crippen LogP contribution is -2.43. The van der Waals surface area contributed by atoms with Crippen molar-refractivity contribution in [2.24, 2.45) is 0 Å². The third kappa shape index (κ3) is 28.3. The first-order valence-electron chi connectivity index (χ1n) is 34.6.